The molecular weight excluding hydrogens is 385 g/mol. The molecule has 0 bridgehead atoms. The second kappa shape index (κ2) is 8.03. The summed E-state index contributed by atoms with van der Waals surface area (Å²) < 4.78 is 17.9. The van der Waals surface area contributed by atoms with Gasteiger partial charge in [0, 0.05) is 22.7 Å². The molecule has 1 aromatic heterocycles. The molecule has 0 radical (unpaired) electrons. The Morgan fingerprint density at radius 3 is 2.72 bits per heavy atom. The smallest absolute Gasteiger partial charge is 0.111 e. The Morgan fingerprint density at radius 2 is 1.93 bits per heavy atom. The van der Waals surface area contributed by atoms with Crippen LogP contribution in [0.4, 0.5) is 4.39 Å². The zero-order valence-corrected chi connectivity index (χ0v) is 17.9. The molecule has 2 fully saturated rings. The van der Waals surface area contributed by atoms with Gasteiger partial charge in [0.25, 0.3) is 0 Å². The predicted octanol–water partition coefficient (Wildman–Crippen LogP) is 6.27. The number of halogens is 2. The average Bonchev–Trinajstić information content (AvgIpc) is 3.32. The largest absolute Gasteiger partial charge is 0.323 e. The number of fused-ring (bicyclic) bond motifs is 3. The van der Waals surface area contributed by atoms with Crippen LogP contribution in [0.1, 0.15) is 69.4 Å². The van der Waals surface area contributed by atoms with Crippen molar-refractivity contribution in [3.05, 3.63) is 41.3 Å². The molecule has 1 unspecified atom stereocenters. The van der Waals surface area contributed by atoms with Crippen LogP contribution in [-0.4, -0.2) is 39.8 Å². The molecule has 0 spiro atoms. The monoisotopic (exact) mass is 415 g/mol. The summed E-state index contributed by atoms with van der Waals surface area (Å²) in [7, 11) is 0. The van der Waals surface area contributed by atoms with Gasteiger partial charge < -0.3 is 9.47 Å². The summed E-state index contributed by atoms with van der Waals surface area (Å²) in [4.78, 5) is 6.93. The van der Waals surface area contributed by atoms with Crippen molar-refractivity contribution in [3.8, 4) is 11.3 Å². The van der Waals surface area contributed by atoms with E-state index in [9.17, 15) is 0 Å². The van der Waals surface area contributed by atoms with Crippen LogP contribution >= 0.6 is 11.6 Å². The van der Waals surface area contributed by atoms with Crippen molar-refractivity contribution >= 4 is 11.6 Å². The summed E-state index contributed by atoms with van der Waals surface area (Å²) in [5.41, 5.74) is 2.38. The van der Waals surface area contributed by atoms with E-state index in [0.717, 1.165) is 41.1 Å². The topological polar surface area (TPSA) is 21.1 Å². The number of aromatic nitrogens is 2. The fraction of sp³-hybridized carbons (Fsp3) is 0.625. The van der Waals surface area contributed by atoms with E-state index >= 15 is 4.39 Å². The number of piperidine rings is 1. The number of likely N-dealkylation sites (tertiary alicyclic amines) is 1. The zero-order chi connectivity index (χ0) is 19.8. The molecule has 5 rings (SSSR count). The summed E-state index contributed by atoms with van der Waals surface area (Å²) in [6.45, 7) is 3.67. The summed E-state index contributed by atoms with van der Waals surface area (Å²) >= 11 is 6.55. The number of rotatable bonds is 5. The zero-order valence-electron chi connectivity index (χ0n) is 17.1. The fourth-order valence-electron chi connectivity index (χ4n) is 5.81. The highest BCUT2D eigenvalue weighted by atomic mass is 35.5. The van der Waals surface area contributed by atoms with Crippen LogP contribution in [0.15, 0.2) is 30.7 Å². The van der Waals surface area contributed by atoms with Gasteiger partial charge in [-0.15, -0.1) is 0 Å². The Labute approximate surface area is 178 Å². The van der Waals surface area contributed by atoms with Crippen LogP contribution in [0, 0.1) is 5.92 Å². The van der Waals surface area contributed by atoms with Gasteiger partial charge in [-0.2, -0.15) is 0 Å². The van der Waals surface area contributed by atoms with Crippen molar-refractivity contribution in [2.75, 3.05) is 19.6 Å². The van der Waals surface area contributed by atoms with E-state index < -0.39 is 5.67 Å². The Morgan fingerprint density at radius 1 is 1.14 bits per heavy atom. The van der Waals surface area contributed by atoms with Crippen LogP contribution in [0.5, 0.6) is 0 Å². The van der Waals surface area contributed by atoms with Gasteiger partial charge in [-0.05, 0) is 76.4 Å². The molecule has 3 heterocycles. The van der Waals surface area contributed by atoms with E-state index in [1.54, 1.807) is 0 Å². The van der Waals surface area contributed by atoms with Gasteiger partial charge in [-0.25, -0.2) is 9.37 Å². The third-order valence-electron chi connectivity index (χ3n) is 7.50. The minimum Gasteiger partial charge on any atom is -0.323 e. The second-order valence-corrected chi connectivity index (χ2v) is 9.80. The SMILES string of the molecule is FC1(CCC2c3c(Cl)cccc3-c3cncn32)CCC(CN2CCCCC2)CC1. The van der Waals surface area contributed by atoms with Gasteiger partial charge in [-0.3, -0.25) is 0 Å². The molecule has 156 valence electrons. The van der Waals surface area contributed by atoms with Crippen molar-refractivity contribution in [1.82, 2.24) is 14.5 Å². The van der Waals surface area contributed by atoms with Gasteiger partial charge in [0.15, 0.2) is 0 Å². The van der Waals surface area contributed by atoms with E-state index in [4.69, 9.17) is 11.6 Å². The molecule has 5 heteroatoms. The van der Waals surface area contributed by atoms with E-state index in [1.165, 1.54) is 38.9 Å². The quantitative estimate of drug-likeness (QED) is 0.573. The highest BCUT2D eigenvalue weighted by Gasteiger charge is 2.38. The lowest BCUT2D eigenvalue weighted by atomic mass is 9.76. The molecule has 1 saturated carbocycles. The maximum atomic E-state index is 15.7. The highest BCUT2D eigenvalue weighted by Crippen LogP contribution is 2.47. The van der Waals surface area contributed by atoms with Crippen molar-refractivity contribution in [1.29, 1.82) is 0 Å². The molecule has 0 N–H and O–H groups in total. The summed E-state index contributed by atoms with van der Waals surface area (Å²) in [5.74, 6) is 0.680. The van der Waals surface area contributed by atoms with Crippen molar-refractivity contribution in [2.24, 2.45) is 5.92 Å². The predicted molar refractivity (Wildman–Crippen MR) is 116 cm³/mol. The van der Waals surface area contributed by atoms with Gasteiger partial charge in [0.1, 0.15) is 5.67 Å². The Balaban J connectivity index is 1.21. The lowest BCUT2D eigenvalue weighted by Gasteiger charge is -2.37. The summed E-state index contributed by atoms with van der Waals surface area (Å²) in [5, 5.41) is 0.786. The Hall–Kier alpha value is -1.39. The van der Waals surface area contributed by atoms with Gasteiger partial charge in [0.05, 0.1) is 24.3 Å². The number of hydrogen-bond acceptors (Lipinski definition) is 2. The highest BCUT2D eigenvalue weighted by molar-refractivity contribution is 6.32. The van der Waals surface area contributed by atoms with E-state index in [1.807, 2.05) is 24.7 Å². The number of hydrogen-bond donors (Lipinski definition) is 0. The van der Waals surface area contributed by atoms with E-state index in [2.05, 4.69) is 20.5 Å². The molecule has 29 heavy (non-hydrogen) atoms. The first-order valence-electron chi connectivity index (χ1n) is 11.3. The number of imidazole rings is 1. The third-order valence-corrected chi connectivity index (χ3v) is 7.83. The molecule has 2 aromatic rings. The summed E-state index contributed by atoms with van der Waals surface area (Å²) in [6, 6.07) is 6.15. The normalized spacial score (nSPS) is 29.6. The number of alkyl halides is 1. The van der Waals surface area contributed by atoms with Crippen LogP contribution in [-0.2, 0) is 0 Å². The molecule has 1 atom stereocenters. The fourth-order valence-corrected chi connectivity index (χ4v) is 6.11. The lowest BCUT2D eigenvalue weighted by molar-refractivity contribution is 0.0561. The minimum atomic E-state index is -1.02. The Bertz CT molecular complexity index is 850. The van der Waals surface area contributed by atoms with Crippen LogP contribution in [0.25, 0.3) is 11.3 Å². The molecule has 3 aliphatic rings. The van der Waals surface area contributed by atoms with Crippen LogP contribution in [0.2, 0.25) is 5.02 Å². The van der Waals surface area contributed by atoms with E-state index in [0.29, 0.717) is 25.2 Å². The van der Waals surface area contributed by atoms with Gasteiger partial charge in [0.2, 0.25) is 0 Å². The number of nitrogens with zero attached hydrogens (tertiary/aromatic N) is 3. The Kier molecular flexibility index (Phi) is 5.42. The van der Waals surface area contributed by atoms with Crippen LogP contribution < -0.4 is 0 Å². The molecule has 3 nitrogen and oxygen atoms in total. The average molecular weight is 416 g/mol. The molecule has 1 aromatic carbocycles. The molecule has 1 aliphatic carbocycles. The number of benzene rings is 1. The first-order valence-corrected chi connectivity index (χ1v) is 11.7. The first kappa shape index (κ1) is 19.6. The molecule has 0 amide bonds. The van der Waals surface area contributed by atoms with Gasteiger partial charge >= 0.3 is 0 Å². The molecule has 2 aliphatic heterocycles. The van der Waals surface area contributed by atoms with Crippen molar-refractivity contribution in [2.45, 2.75) is 69.5 Å². The maximum Gasteiger partial charge on any atom is 0.111 e. The van der Waals surface area contributed by atoms with E-state index in [-0.39, 0.29) is 6.04 Å². The molecule has 1 saturated heterocycles. The van der Waals surface area contributed by atoms with Gasteiger partial charge in [-0.1, -0.05) is 30.2 Å². The van der Waals surface area contributed by atoms with Crippen molar-refractivity contribution in [3.63, 3.8) is 0 Å². The lowest BCUT2D eigenvalue weighted by Crippen LogP contribution is -2.38. The van der Waals surface area contributed by atoms with Crippen molar-refractivity contribution < 1.29 is 4.39 Å². The maximum absolute atomic E-state index is 15.7. The summed E-state index contributed by atoms with van der Waals surface area (Å²) in [6.07, 6.45) is 12.7. The van der Waals surface area contributed by atoms with Crippen LogP contribution in [0.3, 0.4) is 0 Å². The minimum absolute atomic E-state index is 0.106. The first-order chi connectivity index (χ1) is 14.1. The second-order valence-electron chi connectivity index (χ2n) is 9.40. The standard InChI is InChI=1S/C24H31ClFN3/c25-20-6-4-5-19-22-15-27-17-29(22)21(23(19)20)9-12-24(26)10-7-18(8-11-24)16-28-13-2-1-3-14-28/h4-6,15,17-18,21H,1-3,7-14,16H2. The molecular formula is C24H31ClFN3. The third kappa shape index (κ3) is 3.86.